The molecule has 0 aliphatic carbocycles. The van der Waals surface area contributed by atoms with Crippen molar-refractivity contribution >= 4 is 28.0 Å². The SMILES string of the molecule is CC1CN(C2COC2)CCN1c1ccc(Nc2cc(-c3ccnc(-n4ncc5cc(C(C)(C)C)cc(F)c5c4=O)c3CO)cn(C)c2=O)nc1. The molecule has 2 aliphatic rings. The highest BCUT2D eigenvalue weighted by Crippen LogP contribution is 2.30. The molecule has 0 saturated carbocycles. The number of aryl methyl sites for hydroxylation is 1. The van der Waals surface area contributed by atoms with Crippen LogP contribution < -0.4 is 21.3 Å². The predicted octanol–water partition coefficient (Wildman–Crippen LogP) is 4.12. The highest BCUT2D eigenvalue weighted by atomic mass is 19.1. The topological polar surface area (TPSA) is 131 Å². The summed E-state index contributed by atoms with van der Waals surface area (Å²) in [4.78, 5) is 40.7. The zero-order chi connectivity index (χ0) is 35.3. The molecule has 2 N–H and O–H groups in total. The Balaban J connectivity index is 1.18. The number of hydrogen-bond acceptors (Lipinski definition) is 10. The number of rotatable bonds is 7. The van der Waals surface area contributed by atoms with Crippen molar-refractivity contribution in [2.24, 2.45) is 7.05 Å². The Bertz CT molecular complexity index is 2190. The van der Waals surface area contributed by atoms with Gasteiger partial charge in [0.1, 0.15) is 17.3 Å². The summed E-state index contributed by atoms with van der Waals surface area (Å²) in [7, 11) is 1.63. The number of ether oxygens (including phenoxy) is 1. The summed E-state index contributed by atoms with van der Waals surface area (Å²) in [5.74, 6) is -0.0857. The van der Waals surface area contributed by atoms with Gasteiger partial charge in [-0.15, -0.1) is 0 Å². The number of benzene rings is 1. The third-order valence-electron chi connectivity index (χ3n) is 9.73. The summed E-state index contributed by atoms with van der Waals surface area (Å²) in [6.07, 6.45) is 6.38. The van der Waals surface area contributed by atoms with Gasteiger partial charge in [0, 0.05) is 61.6 Å². The first kappa shape index (κ1) is 33.5. The van der Waals surface area contributed by atoms with Gasteiger partial charge in [-0.2, -0.15) is 9.78 Å². The van der Waals surface area contributed by atoms with Crippen LogP contribution in [0.15, 0.2) is 70.8 Å². The third-order valence-corrected chi connectivity index (χ3v) is 9.73. The molecular formula is C37H41FN8O4. The average Bonchev–Trinajstić information content (AvgIpc) is 3.05. The van der Waals surface area contributed by atoms with Crippen molar-refractivity contribution in [1.29, 1.82) is 0 Å². The van der Waals surface area contributed by atoms with Crippen molar-refractivity contribution in [2.75, 3.05) is 43.1 Å². The second-order valence-electron chi connectivity index (χ2n) is 14.2. The summed E-state index contributed by atoms with van der Waals surface area (Å²) in [5, 5.41) is 18.3. The van der Waals surface area contributed by atoms with Gasteiger partial charge in [-0.3, -0.25) is 14.5 Å². The van der Waals surface area contributed by atoms with E-state index in [9.17, 15) is 14.7 Å². The van der Waals surface area contributed by atoms with E-state index in [2.05, 4.69) is 37.1 Å². The van der Waals surface area contributed by atoms with Gasteiger partial charge < -0.3 is 24.6 Å². The number of anilines is 3. The number of aliphatic hydroxyl groups is 1. The molecule has 2 fully saturated rings. The molecule has 6 heterocycles. The Labute approximate surface area is 288 Å². The summed E-state index contributed by atoms with van der Waals surface area (Å²) < 4.78 is 23.2. The lowest BCUT2D eigenvalue weighted by atomic mass is 9.86. The number of hydrogen-bond donors (Lipinski definition) is 2. The van der Waals surface area contributed by atoms with Crippen LogP contribution in [0.3, 0.4) is 0 Å². The van der Waals surface area contributed by atoms with E-state index in [1.807, 2.05) is 39.1 Å². The molecule has 7 rings (SSSR count). The molecule has 2 aliphatic heterocycles. The molecule has 0 spiro atoms. The quantitative estimate of drug-likeness (QED) is 0.259. The molecule has 13 heteroatoms. The number of piperazine rings is 1. The van der Waals surface area contributed by atoms with Crippen LogP contribution in [-0.2, 0) is 23.8 Å². The lowest BCUT2D eigenvalue weighted by molar-refractivity contribution is -0.0691. The van der Waals surface area contributed by atoms with E-state index in [1.165, 1.54) is 23.0 Å². The number of pyridine rings is 3. The molecule has 50 heavy (non-hydrogen) atoms. The maximum absolute atomic E-state index is 15.4. The van der Waals surface area contributed by atoms with Crippen LogP contribution in [0.2, 0.25) is 0 Å². The first-order valence-electron chi connectivity index (χ1n) is 16.8. The minimum absolute atomic E-state index is 0.0629. The minimum atomic E-state index is -0.693. The van der Waals surface area contributed by atoms with Crippen LogP contribution >= 0.6 is 0 Å². The van der Waals surface area contributed by atoms with Gasteiger partial charge in [0.2, 0.25) is 0 Å². The largest absolute Gasteiger partial charge is 0.392 e. The summed E-state index contributed by atoms with van der Waals surface area (Å²) in [5.41, 5.74) is 2.13. The monoisotopic (exact) mass is 680 g/mol. The molecule has 2 saturated heterocycles. The maximum Gasteiger partial charge on any atom is 0.283 e. The normalized spacial score (nSPS) is 17.3. The van der Waals surface area contributed by atoms with Gasteiger partial charge in [-0.1, -0.05) is 20.8 Å². The van der Waals surface area contributed by atoms with Crippen LogP contribution in [0.4, 0.5) is 21.6 Å². The lowest BCUT2D eigenvalue weighted by Gasteiger charge is -2.46. The molecule has 4 aromatic heterocycles. The third kappa shape index (κ3) is 6.16. The van der Waals surface area contributed by atoms with Crippen molar-refractivity contribution in [3.8, 4) is 16.9 Å². The maximum atomic E-state index is 15.4. The van der Waals surface area contributed by atoms with Crippen molar-refractivity contribution < 1.29 is 14.2 Å². The lowest BCUT2D eigenvalue weighted by Crippen LogP contribution is -2.59. The van der Waals surface area contributed by atoms with Gasteiger partial charge in [0.15, 0.2) is 5.82 Å². The highest BCUT2D eigenvalue weighted by Gasteiger charge is 2.32. The number of nitrogens with one attached hydrogen (secondary N) is 1. The van der Waals surface area contributed by atoms with E-state index in [4.69, 9.17) is 4.74 Å². The smallest absolute Gasteiger partial charge is 0.283 e. The first-order chi connectivity index (χ1) is 23.9. The van der Waals surface area contributed by atoms with Crippen LogP contribution in [-0.4, -0.2) is 79.3 Å². The minimum Gasteiger partial charge on any atom is -0.392 e. The molecule has 12 nitrogen and oxygen atoms in total. The highest BCUT2D eigenvalue weighted by molar-refractivity contribution is 5.83. The second-order valence-corrected chi connectivity index (χ2v) is 14.2. The second kappa shape index (κ2) is 13.0. The molecule has 0 bridgehead atoms. The molecule has 260 valence electrons. The van der Waals surface area contributed by atoms with Gasteiger partial charge in [0.25, 0.3) is 11.1 Å². The standard InChI is InChI=1S/C37H41FN8O4/c1-22-17-44(27-20-50-21-27)10-11-45(22)26-6-7-32(40-16-26)42-31-13-24(18-43(5)35(31)48)28-8-9-39-34(29(28)19-47)46-36(49)33-23(15-41-46)12-25(14-30(33)38)37(2,3)4/h6-9,12-16,18,22,27,47H,10-11,17,19-21H2,1-5H3,(H,40,42). The van der Waals surface area contributed by atoms with Gasteiger partial charge in [-0.05, 0) is 59.9 Å². The zero-order valence-electron chi connectivity index (χ0n) is 28.9. The van der Waals surface area contributed by atoms with E-state index in [0.717, 1.165) is 48.8 Å². The van der Waals surface area contributed by atoms with E-state index in [-0.39, 0.29) is 27.9 Å². The van der Waals surface area contributed by atoms with Crippen molar-refractivity contribution in [2.45, 2.75) is 51.8 Å². The number of halogens is 1. The fraction of sp³-hybridized carbons (Fsp3) is 0.378. The Kier molecular flexibility index (Phi) is 8.75. The fourth-order valence-corrected chi connectivity index (χ4v) is 6.76. The van der Waals surface area contributed by atoms with E-state index < -0.39 is 18.0 Å². The Hall–Kier alpha value is -4.98. The molecule has 0 amide bonds. The Morgan fingerprint density at radius 1 is 1.04 bits per heavy atom. The van der Waals surface area contributed by atoms with Crippen LogP contribution in [0, 0.1) is 5.82 Å². The van der Waals surface area contributed by atoms with Gasteiger partial charge in [0.05, 0.1) is 49.3 Å². The Morgan fingerprint density at radius 3 is 2.50 bits per heavy atom. The summed E-state index contributed by atoms with van der Waals surface area (Å²) in [6, 6.07) is 11.2. The predicted molar refractivity (Wildman–Crippen MR) is 191 cm³/mol. The first-order valence-corrected chi connectivity index (χ1v) is 16.8. The molecule has 0 radical (unpaired) electrons. The van der Waals surface area contributed by atoms with Gasteiger partial charge >= 0.3 is 0 Å². The summed E-state index contributed by atoms with van der Waals surface area (Å²) >= 11 is 0. The van der Waals surface area contributed by atoms with E-state index in [0.29, 0.717) is 40.0 Å². The Morgan fingerprint density at radius 2 is 1.84 bits per heavy atom. The molecule has 1 aromatic carbocycles. The van der Waals surface area contributed by atoms with Crippen molar-refractivity contribution in [3.05, 3.63) is 98.8 Å². The zero-order valence-corrected chi connectivity index (χ0v) is 28.9. The van der Waals surface area contributed by atoms with E-state index in [1.54, 1.807) is 31.4 Å². The summed E-state index contributed by atoms with van der Waals surface area (Å²) in [6.45, 7) is 12.1. The van der Waals surface area contributed by atoms with Crippen molar-refractivity contribution in [1.82, 2.24) is 29.2 Å². The fourth-order valence-electron chi connectivity index (χ4n) is 6.76. The van der Waals surface area contributed by atoms with Crippen molar-refractivity contribution in [3.63, 3.8) is 0 Å². The molecule has 5 aromatic rings. The number of aliphatic hydroxyl groups excluding tert-OH is 1. The van der Waals surface area contributed by atoms with Crippen LogP contribution in [0.5, 0.6) is 0 Å². The number of fused-ring (bicyclic) bond motifs is 1. The van der Waals surface area contributed by atoms with Crippen LogP contribution in [0.1, 0.15) is 38.8 Å². The molecule has 1 atom stereocenters. The van der Waals surface area contributed by atoms with E-state index >= 15 is 4.39 Å². The molecule has 1 unspecified atom stereocenters. The molecular weight excluding hydrogens is 639 g/mol. The van der Waals surface area contributed by atoms with Gasteiger partial charge in [-0.25, -0.2) is 14.4 Å². The number of nitrogens with zero attached hydrogens (tertiary/aromatic N) is 7. The number of aromatic nitrogens is 5. The average molecular weight is 681 g/mol. The van der Waals surface area contributed by atoms with Crippen LogP contribution in [0.25, 0.3) is 27.7 Å².